The van der Waals surface area contributed by atoms with E-state index >= 15 is 0 Å². The number of aromatic nitrogens is 3. The third kappa shape index (κ3) is 4.81. The second-order valence-corrected chi connectivity index (χ2v) is 9.11. The van der Waals surface area contributed by atoms with Gasteiger partial charge in [0.1, 0.15) is 0 Å². The largest absolute Gasteiger partial charge is 0.378 e. The Balaban J connectivity index is 1.51. The van der Waals surface area contributed by atoms with Gasteiger partial charge in [0.25, 0.3) is 0 Å². The van der Waals surface area contributed by atoms with Gasteiger partial charge < -0.3 is 14.5 Å². The Hall–Kier alpha value is -2.06. The summed E-state index contributed by atoms with van der Waals surface area (Å²) in [4.78, 5) is 17.3. The Morgan fingerprint density at radius 3 is 2.50 bits per heavy atom. The summed E-state index contributed by atoms with van der Waals surface area (Å²) in [5.41, 5.74) is 1.19. The van der Waals surface area contributed by atoms with Gasteiger partial charge in [-0.25, -0.2) is 0 Å². The molecule has 1 aromatic heterocycles. The average Bonchev–Trinajstić information content (AvgIpc) is 3.16. The maximum atomic E-state index is 13.0. The molecule has 0 N–H and O–H groups in total. The lowest BCUT2D eigenvalue weighted by molar-refractivity contribution is -0.134. The van der Waals surface area contributed by atoms with Crippen LogP contribution in [0.4, 0.5) is 5.95 Å². The molecule has 2 aliphatic heterocycles. The molecule has 2 atom stereocenters. The van der Waals surface area contributed by atoms with Gasteiger partial charge in [-0.3, -0.25) is 9.36 Å². The number of ether oxygens (including phenoxy) is 1. The molecule has 1 amide bonds. The molecule has 1 aromatic carbocycles. The van der Waals surface area contributed by atoms with Crippen LogP contribution in [-0.4, -0.2) is 69.7 Å². The lowest BCUT2D eigenvalue weighted by Crippen LogP contribution is -2.48. The number of anilines is 1. The number of thioether (sulfide) groups is 1. The Morgan fingerprint density at radius 2 is 1.80 bits per heavy atom. The average molecular weight is 430 g/mol. The lowest BCUT2D eigenvalue weighted by Gasteiger charge is -2.39. The van der Waals surface area contributed by atoms with E-state index in [0.29, 0.717) is 37.6 Å². The molecular formula is C22H31N5O2S. The third-order valence-corrected chi connectivity index (χ3v) is 6.93. The van der Waals surface area contributed by atoms with Gasteiger partial charge >= 0.3 is 0 Å². The number of hydrogen-bond acceptors (Lipinski definition) is 6. The zero-order chi connectivity index (χ0) is 20.9. The van der Waals surface area contributed by atoms with Gasteiger partial charge in [-0.1, -0.05) is 42.1 Å². The smallest absolute Gasteiger partial charge is 0.233 e. The SMILES string of the molecule is C[C@@H]1CCC[C@@H](C)N1C(=O)CSc1nnc(N2CCOCC2)n1Cc1ccccc1. The highest BCUT2D eigenvalue weighted by Gasteiger charge is 2.29. The molecule has 0 aliphatic carbocycles. The van der Waals surface area contributed by atoms with Gasteiger partial charge in [-0.05, 0) is 38.7 Å². The number of hydrogen-bond donors (Lipinski definition) is 0. The minimum Gasteiger partial charge on any atom is -0.378 e. The summed E-state index contributed by atoms with van der Waals surface area (Å²) in [5, 5.41) is 9.76. The fourth-order valence-electron chi connectivity index (χ4n) is 4.40. The Labute approximate surface area is 182 Å². The van der Waals surface area contributed by atoms with Gasteiger partial charge in [0.05, 0.1) is 25.5 Å². The predicted molar refractivity (Wildman–Crippen MR) is 119 cm³/mol. The van der Waals surface area contributed by atoms with Crippen molar-refractivity contribution in [3.05, 3.63) is 35.9 Å². The molecule has 2 fully saturated rings. The molecule has 7 nitrogen and oxygen atoms in total. The number of morpholine rings is 1. The van der Waals surface area contributed by atoms with E-state index < -0.39 is 0 Å². The molecule has 4 rings (SSSR count). The van der Waals surface area contributed by atoms with E-state index in [1.165, 1.54) is 23.7 Å². The van der Waals surface area contributed by atoms with Gasteiger partial charge in [0.15, 0.2) is 5.16 Å². The second kappa shape index (κ2) is 9.83. The van der Waals surface area contributed by atoms with Crippen molar-refractivity contribution >= 4 is 23.6 Å². The van der Waals surface area contributed by atoms with E-state index in [2.05, 4.69) is 50.5 Å². The molecule has 0 radical (unpaired) electrons. The zero-order valence-corrected chi connectivity index (χ0v) is 18.7. The van der Waals surface area contributed by atoms with E-state index in [1.807, 2.05) is 18.2 Å². The zero-order valence-electron chi connectivity index (χ0n) is 17.9. The van der Waals surface area contributed by atoms with Gasteiger partial charge in [0.2, 0.25) is 11.9 Å². The molecule has 162 valence electrons. The van der Waals surface area contributed by atoms with Crippen LogP contribution in [0.1, 0.15) is 38.7 Å². The van der Waals surface area contributed by atoms with Crippen molar-refractivity contribution in [2.75, 3.05) is 37.0 Å². The maximum Gasteiger partial charge on any atom is 0.233 e. The Morgan fingerprint density at radius 1 is 1.10 bits per heavy atom. The van der Waals surface area contributed by atoms with Crippen molar-refractivity contribution in [2.45, 2.75) is 56.9 Å². The van der Waals surface area contributed by atoms with E-state index in [9.17, 15) is 4.79 Å². The molecular weight excluding hydrogens is 398 g/mol. The van der Waals surface area contributed by atoms with Crippen molar-refractivity contribution in [1.29, 1.82) is 0 Å². The lowest BCUT2D eigenvalue weighted by atomic mass is 9.98. The van der Waals surface area contributed by atoms with Crippen LogP contribution in [0.5, 0.6) is 0 Å². The number of carbonyl (C=O) groups is 1. The normalized spacial score (nSPS) is 22.3. The van der Waals surface area contributed by atoms with Gasteiger partial charge in [0, 0.05) is 25.2 Å². The first kappa shape index (κ1) is 21.2. The van der Waals surface area contributed by atoms with E-state index in [0.717, 1.165) is 37.0 Å². The molecule has 0 unspecified atom stereocenters. The van der Waals surface area contributed by atoms with Crippen LogP contribution in [0.15, 0.2) is 35.5 Å². The topological polar surface area (TPSA) is 63.5 Å². The third-order valence-electron chi connectivity index (χ3n) is 5.98. The first-order valence-corrected chi connectivity index (χ1v) is 11.9. The van der Waals surface area contributed by atoms with Crippen LogP contribution in [-0.2, 0) is 16.1 Å². The quantitative estimate of drug-likeness (QED) is 0.658. The molecule has 8 heteroatoms. The highest BCUT2D eigenvalue weighted by Crippen LogP contribution is 2.27. The Bertz CT molecular complexity index is 827. The molecule has 2 aliphatic rings. The predicted octanol–water partition coefficient (Wildman–Crippen LogP) is 3.04. The summed E-state index contributed by atoms with van der Waals surface area (Å²) >= 11 is 1.50. The summed E-state index contributed by atoms with van der Waals surface area (Å²) in [6.45, 7) is 8.01. The van der Waals surface area contributed by atoms with Crippen LogP contribution in [0.25, 0.3) is 0 Å². The highest BCUT2D eigenvalue weighted by molar-refractivity contribution is 7.99. The van der Waals surface area contributed by atoms with Crippen LogP contribution in [0.3, 0.4) is 0 Å². The van der Waals surface area contributed by atoms with Crippen LogP contribution >= 0.6 is 11.8 Å². The second-order valence-electron chi connectivity index (χ2n) is 8.17. The van der Waals surface area contributed by atoms with E-state index in [1.54, 1.807) is 0 Å². The summed E-state index contributed by atoms with van der Waals surface area (Å²) in [6, 6.07) is 11.0. The van der Waals surface area contributed by atoms with Crippen LogP contribution in [0.2, 0.25) is 0 Å². The molecule has 2 saturated heterocycles. The fourth-order valence-corrected chi connectivity index (χ4v) is 5.21. The number of rotatable bonds is 6. The monoisotopic (exact) mass is 429 g/mol. The van der Waals surface area contributed by atoms with E-state index in [-0.39, 0.29) is 5.91 Å². The summed E-state index contributed by atoms with van der Waals surface area (Å²) in [6.07, 6.45) is 3.38. The number of piperidine rings is 1. The first-order chi connectivity index (χ1) is 14.6. The molecule has 0 spiro atoms. The number of amides is 1. The van der Waals surface area contributed by atoms with Crippen molar-refractivity contribution in [3.8, 4) is 0 Å². The van der Waals surface area contributed by atoms with E-state index in [4.69, 9.17) is 4.74 Å². The van der Waals surface area contributed by atoms with Crippen molar-refractivity contribution < 1.29 is 9.53 Å². The first-order valence-electron chi connectivity index (χ1n) is 10.9. The minimum atomic E-state index is 0.196. The number of benzene rings is 1. The minimum absolute atomic E-state index is 0.196. The molecule has 0 bridgehead atoms. The summed E-state index contributed by atoms with van der Waals surface area (Å²) in [7, 11) is 0. The summed E-state index contributed by atoms with van der Waals surface area (Å²) in [5.74, 6) is 1.45. The molecule has 30 heavy (non-hydrogen) atoms. The number of carbonyl (C=O) groups excluding carboxylic acids is 1. The van der Waals surface area contributed by atoms with Gasteiger partial charge in [-0.15, -0.1) is 10.2 Å². The van der Waals surface area contributed by atoms with Crippen LogP contribution < -0.4 is 4.90 Å². The molecule has 2 aromatic rings. The van der Waals surface area contributed by atoms with Crippen LogP contribution in [0, 0.1) is 0 Å². The number of likely N-dealkylation sites (tertiary alicyclic amines) is 1. The van der Waals surface area contributed by atoms with Crippen molar-refractivity contribution in [3.63, 3.8) is 0 Å². The fraction of sp³-hybridized carbons (Fsp3) is 0.591. The standard InChI is InChI=1S/C22H31N5O2S/c1-17-7-6-8-18(2)27(17)20(28)16-30-22-24-23-21(25-11-13-29-14-12-25)26(22)15-19-9-4-3-5-10-19/h3-5,9-10,17-18H,6-8,11-16H2,1-2H3/t17-,18-/m1/s1. The maximum absolute atomic E-state index is 13.0. The number of nitrogens with zero attached hydrogens (tertiary/aromatic N) is 5. The highest BCUT2D eigenvalue weighted by atomic mass is 32.2. The Kier molecular flexibility index (Phi) is 6.94. The van der Waals surface area contributed by atoms with Crippen molar-refractivity contribution in [1.82, 2.24) is 19.7 Å². The molecule has 3 heterocycles. The summed E-state index contributed by atoms with van der Waals surface area (Å²) < 4.78 is 7.64. The molecule has 0 saturated carbocycles. The van der Waals surface area contributed by atoms with Crippen molar-refractivity contribution in [2.24, 2.45) is 0 Å². The van der Waals surface area contributed by atoms with Gasteiger partial charge in [-0.2, -0.15) is 0 Å².